The molecule has 2 heterocycles. The van der Waals surface area contributed by atoms with E-state index in [1.807, 2.05) is 25.4 Å². The monoisotopic (exact) mass is 401 g/mol. The molecule has 0 aliphatic carbocycles. The Kier molecular flexibility index (Phi) is 9.07. The summed E-state index contributed by atoms with van der Waals surface area (Å²) >= 11 is 0. The zero-order valence-corrected chi connectivity index (χ0v) is 16.5. The minimum atomic E-state index is -1.82. The van der Waals surface area contributed by atoms with Crippen molar-refractivity contribution in [1.29, 1.82) is 0 Å². The van der Waals surface area contributed by atoms with Gasteiger partial charge in [0.05, 0.1) is 6.61 Å². The van der Waals surface area contributed by atoms with Crippen LogP contribution in [0.15, 0.2) is 48.8 Å². The van der Waals surface area contributed by atoms with Gasteiger partial charge < -0.3 is 14.9 Å². The molecule has 1 fully saturated rings. The number of benzene rings is 1. The number of rotatable bonds is 6. The standard InChI is InChI=1S/C19H25N3O.C2H2O4/c1-2-23-19-7-5-17(6-8-19)15-21-10-12-22(13-11-21)16-18-4-3-9-20-14-18;3-1(4)2(5)6/h3-9,14H,2,10-13,15-16H2,1H3;(H,3,4)(H,5,6). The minimum Gasteiger partial charge on any atom is -0.494 e. The van der Waals surface area contributed by atoms with Gasteiger partial charge in [0.15, 0.2) is 0 Å². The van der Waals surface area contributed by atoms with Crippen LogP contribution in [-0.2, 0) is 22.7 Å². The van der Waals surface area contributed by atoms with Crippen molar-refractivity contribution < 1.29 is 24.5 Å². The first-order chi connectivity index (χ1) is 14.0. The first-order valence-electron chi connectivity index (χ1n) is 9.49. The van der Waals surface area contributed by atoms with Crippen LogP contribution in [0.3, 0.4) is 0 Å². The van der Waals surface area contributed by atoms with Crippen LogP contribution in [0, 0.1) is 0 Å². The molecule has 3 rings (SSSR count). The highest BCUT2D eigenvalue weighted by Gasteiger charge is 2.17. The average molecular weight is 401 g/mol. The van der Waals surface area contributed by atoms with Gasteiger partial charge in [-0.1, -0.05) is 18.2 Å². The molecule has 0 unspecified atom stereocenters. The van der Waals surface area contributed by atoms with E-state index in [0.29, 0.717) is 0 Å². The summed E-state index contributed by atoms with van der Waals surface area (Å²) in [6.45, 7) is 9.23. The number of carbonyl (C=O) groups is 2. The average Bonchev–Trinajstić information content (AvgIpc) is 2.72. The fraction of sp³-hybridized carbons (Fsp3) is 0.381. The second-order valence-corrected chi connectivity index (χ2v) is 6.60. The number of carboxylic acid groups (broad SMARTS) is 2. The maximum Gasteiger partial charge on any atom is 0.414 e. The Hall–Kier alpha value is -2.97. The Bertz CT molecular complexity index is 748. The lowest BCUT2D eigenvalue weighted by molar-refractivity contribution is -0.159. The first-order valence-corrected chi connectivity index (χ1v) is 9.49. The second kappa shape index (κ2) is 11.8. The fourth-order valence-electron chi connectivity index (χ4n) is 2.97. The molecule has 1 aliphatic heterocycles. The predicted octanol–water partition coefficient (Wildman–Crippen LogP) is 1.95. The molecule has 0 atom stereocenters. The van der Waals surface area contributed by atoms with Crippen LogP contribution in [0.25, 0.3) is 0 Å². The predicted molar refractivity (Wildman–Crippen MR) is 108 cm³/mol. The van der Waals surface area contributed by atoms with E-state index >= 15 is 0 Å². The lowest BCUT2D eigenvalue weighted by Gasteiger charge is -2.34. The van der Waals surface area contributed by atoms with Gasteiger partial charge >= 0.3 is 11.9 Å². The Morgan fingerprint density at radius 3 is 1.93 bits per heavy atom. The van der Waals surface area contributed by atoms with Crippen LogP contribution in [0.2, 0.25) is 0 Å². The van der Waals surface area contributed by atoms with Crippen molar-refractivity contribution >= 4 is 11.9 Å². The third kappa shape index (κ3) is 8.28. The van der Waals surface area contributed by atoms with Crippen molar-refractivity contribution in [3.05, 3.63) is 59.9 Å². The summed E-state index contributed by atoms with van der Waals surface area (Å²) in [6, 6.07) is 12.6. The van der Waals surface area contributed by atoms with Gasteiger partial charge in [-0.05, 0) is 36.2 Å². The molecule has 0 radical (unpaired) electrons. The molecule has 1 saturated heterocycles. The molecule has 1 aromatic heterocycles. The van der Waals surface area contributed by atoms with E-state index in [1.54, 1.807) is 0 Å². The fourth-order valence-corrected chi connectivity index (χ4v) is 2.97. The van der Waals surface area contributed by atoms with E-state index in [9.17, 15) is 0 Å². The van der Waals surface area contributed by atoms with E-state index in [1.165, 1.54) is 11.1 Å². The number of carboxylic acids is 2. The normalized spacial score (nSPS) is 14.5. The van der Waals surface area contributed by atoms with Crippen LogP contribution in [0.5, 0.6) is 5.75 Å². The maximum atomic E-state index is 9.10. The summed E-state index contributed by atoms with van der Waals surface area (Å²) in [5, 5.41) is 14.8. The molecule has 8 nitrogen and oxygen atoms in total. The van der Waals surface area contributed by atoms with Crippen molar-refractivity contribution in [2.45, 2.75) is 20.0 Å². The van der Waals surface area contributed by atoms with Gasteiger partial charge in [-0.2, -0.15) is 0 Å². The topological polar surface area (TPSA) is 103 Å². The zero-order valence-electron chi connectivity index (χ0n) is 16.5. The summed E-state index contributed by atoms with van der Waals surface area (Å²) in [7, 11) is 0. The van der Waals surface area contributed by atoms with Gasteiger partial charge in [0.2, 0.25) is 0 Å². The van der Waals surface area contributed by atoms with Gasteiger partial charge in [0, 0.05) is 51.7 Å². The molecule has 0 spiro atoms. The molecule has 8 heteroatoms. The number of ether oxygens (including phenoxy) is 1. The first kappa shape index (κ1) is 22.3. The van der Waals surface area contributed by atoms with Crippen LogP contribution < -0.4 is 4.74 Å². The van der Waals surface area contributed by atoms with Crippen molar-refractivity contribution in [2.24, 2.45) is 0 Å². The van der Waals surface area contributed by atoms with Gasteiger partial charge in [-0.25, -0.2) is 9.59 Å². The Morgan fingerprint density at radius 1 is 0.931 bits per heavy atom. The summed E-state index contributed by atoms with van der Waals surface area (Å²) < 4.78 is 5.50. The number of aliphatic carboxylic acids is 2. The summed E-state index contributed by atoms with van der Waals surface area (Å²) in [4.78, 5) is 27.4. The molecule has 156 valence electrons. The lowest BCUT2D eigenvalue weighted by atomic mass is 10.2. The van der Waals surface area contributed by atoms with Gasteiger partial charge in [-0.15, -0.1) is 0 Å². The summed E-state index contributed by atoms with van der Waals surface area (Å²) in [5.41, 5.74) is 2.65. The SMILES string of the molecule is CCOc1ccc(CN2CCN(Cc3cccnc3)CC2)cc1.O=C(O)C(=O)O. The third-order valence-corrected chi connectivity index (χ3v) is 4.42. The molecule has 1 aliphatic rings. The molecular weight excluding hydrogens is 374 g/mol. The van der Waals surface area contributed by atoms with Crippen molar-refractivity contribution in [3.63, 3.8) is 0 Å². The Balaban J connectivity index is 0.000000438. The molecule has 1 aromatic carbocycles. The molecule has 29 heavy (non-hydrogen) atoms. The van der Waals surface area contributed by atoms with E-state index in [4.69, 9.17) is 24.5 Å². The second-order valence-electron chi connectivity index (χ2n) is 6.60. The van der Waals surface area contributed by atoms with Crippen LogP contribution in [0.1, 0.15) is 18.1 Å². The highest BCUT2D eigenvalue weighted by Crippen LogP contribution is 2.15. The highest BCUT2D eigenvalue weighted by molar-refractivity contribution is 6.27. The smallest absolute Gasteiger partial charge is 0.414 e. The largest absolute Gasteiger partial charge is 0.494 e. The van der Waals surface area contributed by atoms with Gasteiger partial charge in [0.25, 0.3) is 0 Å². The molecule has 0 amide bonds. The van der Waals surface area contributed by atoms with Crippen LogP contribution in [-0.4, -0.2) is 69.7 Å². The number of aromatic nitrogens is 1. The van der Waals surface area contributed by atoms with Gasteiger partial charge in [-0.3, -0.25) is 14.8 Å². The number of hydrogen-bond donors (Lipinski definition) is 2. The molecule has 2 N–H and O–H groups in total. The van der Waals surface area contributed by atoms with E-state index in [2.05, 4.69) is 45.1 Å². The summed E-state index contributed by atoms with van der Waals surface area (Å²) in [5.74, 6) is -2.69. The Labute approximate surface area is 170 Å². The van der Waals surface area contributed by atoms with Crippen LogP contribution >= 0.6 is 0 Å². The number of pyridine rings is 1. The molecule has 0 saturated carbocycles. The summed E-state index contributed by atoms with van der Waals surface area (Å²) in [6.07, 6.45) is 3.80. The van der Waals surface area contributed by atoms with Crippen molar-refractivity contribution in [1.82, 2.24) is 14.8 Å². The number of hydrogen-bond acceptors (Lipinski definition) is 6. The van der Waals surface area contributed by atoms with E-state index in [-0.39, 0.29) is 0 Å². The van der Waals surface area contributed by atoms with E-state index in [0.717, 1.165) is 51.6 Å². The highest BCUT2D eigenvalue weighted by atomic mass is 16.5. The van der Waals surface area contributed by atoms with E-state index < -0.39 is 11.9 Å². The van der Waals surface area contributed by atoms with Gasteiger partial charge in [0.1, 0.15) is 5.75 Å². The molecule has 2 aromatic rings. The lowest BCUT2D eigenvalue weighted by Crippen LogP contribution is -2.45. The molecule has 0 bridgehead atoms. The Morgan fingerprint density at radius 2 is 1.48 bits per heavy atom. The van der Waals surface area contributed by atoms with Crippen molar-refractivity contribution in [3.8, 4) is 5.75 Å². The minimum absolute atomic E-state index is 0.720. The molecular formula is C21H27N3O5. The van der Waals surface area contributed by atoms with Crippen LogP contribution in [0.4, 0.5) is 0 Å². The van der Waals surface area contributed by atoms with Crippen molar-refractivity contribution in [2.75, 3.05) is 32.8 Å². The zero-order chi connectivity index (χ0) is 21.1. The number of nitrogens with zero attached hydrogens (tertiary/aromatic N) is 3. The quantitative estimate of drug-likeness (QED) is 0.708. The maximum absolute atomic E-state index is 9.10. The third-order valence-electron chi connectivity index (χ3n) is 4.42. The number of piperazine rings is 1.